The Morgan fingerprint density at radius 1 is 1.45 bits per heavy atom. The van der Waals surface area contributed by atoms with Gasteiger partial charge in [-0.25, -0.2) is 9.67 Å². The molecule has 1 unspecified atom stereocenters. The van der Waals surface area contributed by atoms with Gasteiger partial charge in [0.2, 0.25) is 0 Å². The van der Waals surface area contributed by atoms with E-state index in [-0.39, 0.29) is 6.04 Å². The fourth-order valence-corrected chi connectivity index (χ4v) is 4.88. The molecule has 0 spiro atoms. The van der Waals surface area contributed by atoms with Crippen molar-refractivity contribution in [3.63, 3.8) is 0 Å². The first kappa shape index (κ1) is 14.1. The minimum Gasteiger partial charge on any atom is -0.323 e. The summed E-state index contributed by atoms with van der Waals surface area (Å²) >= 11 is 3.90. The minimum atomic E-state index is 0.0253. The number of aromatic nitrogens is 3. The van der Waals surface area contributed by atoms with Gasteiger partial charge in [-0.15, -0.1) is 11.3 Å². The SMILES string of the molecule is CC(C)n1ncnc1CC(N)c1cc2c(s1)CCSC2. The average Bonchev–Trinajstić information content (AvgIpc) is 3.03. The van der Waals surface area contributed by atoms with Crippen LogP contribution in [0.2, 0.25) is 0 Å². The van der Waals surface area contributed by atoms with Crippen LogP contribution in [-0.2, 0) is 18.6 Å². The van der Waals surface area contributed by atoms with Crippen molar-refractivity contribution in [2.75, 3.05) is 5.75 Å². The van der Waals surface area contributed by atoms with Gasteiger partial charge < -0.3 is 5.73 Å². The molecule has 108 valence electrons. The van der Waals surface area contributed by atoms with Gasteiger partial charge in [0.15, 0.2) is 0 Å². The lowest BCUT2D eigenvalue weighted by Gasteiger charge is -2.12. The van der Waals surface area contributed by atoms with Gasteiger partial charge in [-0.2, -0.15) is 16.9 Å². The third-order valence-corrected chi connectivity index (χ3v) is 5.93. The molecule has 0 radical (unpaired) electrons. The van der Waals surface area contributed by atoms with E-state index in [1.807, 2.05) is 27.8 Å². The monoisotopic (exact) mass is 308 g/mol. The molecule has 1 aliphatic heterocycles. The molecule has 2 aromatic heterocycles. The van der Waals surface area contributed by atoms with Crippen LogP contribution in [0, 0.1) is 0 Å². The molecule has 1 atom stereocenters. The Morgan fingerprint density at radius 2 is 2.30 bits per heavy atom. The van der Waals surface area contributed by atoms with Crippen molar-refractivity contribution in [3.05, 3.63) is 33.5 Å². The molecule has 0 aromatic carbocycles. The predicted octanol–water partition coefficient (Wildman–Crippen LogP) is 2.95. The number of rotatable bonds is 4. The first-order chi connectivity index (χ1) is 9.65. The fourth-order valence-electron chi connectivity index (χ4n) is 2.50. The summed E-state index contributed by atoms with van der Waals surface area (Å²) < 4.78 is 1.96. The molecular formula is C14H20N4S2. The van der Waals surface area contributed by atoms with E-state index >= 15 is 0 Å². The highest BCUT2D eigenvalue weighted by molar-refractivity contribution is 7.98. The number of aryl methyl sites for hydroxylation is 1. The maximum Gasteiger partial charge on any atom is 0.138 e. The largest absolute Gasteiger partial charge is 0.323 e. The molecular weight excluding hydrogens is 288 g/mol. The Balaban J connectivity index is 1.77. The number of nitrogens with zero attached hydrogens (tertiary/aromatic N) is 3. The Kier molecular flexibility index (Phi) is 4.14. The molecule has 1 aliphatic rings. The number of fused-ring (bicyclic) bond motifs is 1. The zero-order valence-corrected chi connectivity index (χ0v) is 13.5. The van der Waals surface area contributed by atoms with Crippen LogP contribution in [0.15, 0.2) is 12.4 Å². The van der Waals surface area contributed by atoms with Crippen LogP contribution in [-0.4, -0.2) is 20.5 Å². The topological polar surface area (TPSA) is 56.7 Å². The first-order valence-electron chi connectivity index (χ1n) is 6.98. The minimum absolute atomic E-state index is 0.0253. The highest BCUT2D eigenvalue weighted by atomic mass is 32.2. The second-order valence-corrected chi connectivity index (χ2v) is 7.70. The lowest BCUT2D eigenvalue weighted by Crippen LogP contribution is -2.17. The molecule has 0 amide bonds. The second-order valence-electron chi connectivity index (χ2n) is 5.42. The van der Waals surface area contributed by atoms with Gasteiger partial charge in [-0.1, -0.05) is 0 Å². The van der Waals surface area contributed by atoms with E-state index in [0.717, 1.165) is 18.0 Å². The van der Waals surface area contributed by atoms with Crippen molar-refractivity contribution >= 4 is 23.1 Å². The normalized spacial score (nSPS) is 16.4. The smallest absolute Gasteiger partial charge is 0.138 e. The molecule has 4 nitrogen and oxygen atoms in total. The summed E-state index contributed by atoms with van der Waals surface area (Å²) in [6, 6.07) is 2.65. The number of thiophene rings is 1. The molecule has 2 N–H and O–H groups in total. The molecule has 20 heavy (non-hydrogen) atoms. The van der Waals surface area contributed by atoms with E-state index in [2.05, 4.69) is 30.0 Å². The fraction of sp³-hybridized carbons (Fsp3) is 0.571. The Morgan fingerprint density at radius 3 is 3.05 bits per heavy atom. The van der Waals surface area contributed by atoms with Crippen molar-refractivity contribution in [3.8, 4) is 0 Å². The van der Waals surface area contributed by atoms with Gasteiger partial charge in [0.1, 0.15) is 12.2 Å². The number of thioether (sulfide) groups is 1. The second kappa shape index (κ2) is 5.87. The standard InChI is InChI=1S/C14H20N4S2/c1-9(2)18-14(16-8-17-18)6-11(15)13-5-10-7-19-4-3-12(10)20-13/h5,8-9,11H,3-4,6-7,15H2,1-2H3. The average molecular weight is 308 g/mol. The summed E-state index contributed by atoms with van der Waals surface area (Å²) in [5.41, 5.74) is 7.88. The first-order valence-corrected chi connectivity index (χ1v) is 8.95. The van der Waals surface area contributed by atoms with Crippen LogP contribution in [0.5, 0.6) is 0 Å². The van der Waals surface area contributed by atoms with Gasteiger partial charge in [0.05, 0.1) is 0 Å². The van der Waals surface area contributed by atoms with Crippen LogP contribution in [0.4, 0.5) is 0 Å². The maximum absolute atomic E-state index is 6.39. The Hall–Kier alpha value is -0.850. The summed E-state index contributed by atoms with van der Waals surface area (Å²) in [5.74, 6) is 3.36. The molecule has 0 fully saturated rings. The summed E-state index contributed by atoms with van der Waals surface area (Å²) in [6.45, 7) is 4.23. The van der Waals surface area contributed by atoms with E-state index in [1.54, 1.807) is 6.33 Å². The lowest BCUT2D eigenvalue weighted by molar-refractivity contribution is 0.494. The van der Waals surface area contributed by atoms with E-state index in [4.69, 9.17) is 5.73 Å². The van der Waals surface area contributed by atoms with Crippen molar-refractivity contribution in [1.82, 2.24) is 14.8 Å². The van der Waals surface area contributed by atoms with Gasteiger partial charge in [0.25, 0.3) is 0 Å². The molecule has 3 rings (SSSR count). The van der Waals surface area contributed by atoms with E-state index in [1.165, 1.54) is 27.5 Å². The molecule has 0 saturated carbocycles. The molecule has 6 heteroatoms. The van der Waals surface area contributed by atoms with Crippen LogP contribution in [0.25, 0.3) is 0 Å². The Bertz CT molecular complexity index is 564. The van der Waals surface area contributed by atoms with Crippen LogP contribution in [0.1, 0.15) is 47.1 Å². The van der Waals surface area contributed by atoms with Crippen LogP contribution >= 0.6 is 23.1 Å². The Labute approximate surface area is 127 Å². The summed E-state index contributed by atoms with van der Waals surface area (Å²) in [7, 11) is 0. The van der Waals surface area contributed by atoms with Crippen molar-refractivity contribution in [2.24, 2.45) is 5.73 Å². The third-order valence-electron chi connectivity index (χ3n) is 3.55. The van der Waals surface area contributed by atoms with Crippen LogP contribution < -0.4 is 5.73 Å². The van der Waals surface area contributed by atoms with Gasteiger partial charge in [-0.05, 0) is 37.7 Å². The summed E-state index contributed by atoms with van der Waals surface area (Å²) in [4.78, 5) is 7.17. The summed E-state index contributed by atoms with van der Waals surface area (Å²) in [6.07, 6.45) is 3.57. The third kappa shape index (κ3) is 2.77. The van der Waals surface area contributed by atoms with Crippen molar-refractivity contribution in [2.45, 2.75) is 44.5 Å². The van der Waals surface area contributed by atoms with Crippen LogP contribution in [0.3, 0.4) is 0 Å². The number of hydrogen-bond donors (Lipinski definition) is 1. The molecule has 0 bridgehead atoms. The summed E-state index contributed by atoms with van der Waals surface area (Å²) in [5, 5.41) is 4.28. The lowest BCUT2D eigenvalue weighted by atomic mass is 10.1. The zero-order valence-electron chi connectivity index (χ0n) is 11.9. The van der Waals surface area contributed by atoms with E-state index < -0.39 is 0 Å². The van der Waals surface area contributed by atoms with Gasteiger partial charge >= 0.3 is 0 Å². The van der Waals surface area contributed by atoms with Crippen molar-refractivity contribution < 1.29 is 0 Å². The molecule has 0 aliphatic carbocycles. The van der Waals surface area contributed by atoms with Crippen molar-refractivity contribution in [1.29, 1.82) is 0 Å². The molecule has 2 aromatic rings. The molecule has 0 saturated heterocycles. The quantitative estimate of drug-likeness (QED) is 0.943. The maximum atomic E-state index is 6.39. The van der Waals surface area contributed by atoms with E-state index in [0.29, 0.717) is 6.04 Å². The molecule has 3 heterocycles. The van der Waals surface area contributed by atoms with Gasteiger partial charge in [0, 0.05) is 34.0 Å². The number of hydrogen-bond acceptors (Lipinski definition) is 5. The zero-order chi connectivity index (χ0) is 14.1. The number of nitrogens with two attached hydrogens (primary N) is 1. The predicted molar refractivity (Wildman–Crippen MR) is 85.2 cm³/mol. The highest BCUT2D eigenvalue weighted by Crippen LogP contribution is 2.34. The highest BCUT2D eigenvalue weighted by Gasteiger charge is 2.19. The van der Waals surface area contributed by atoms with E-state index in [9.17, 15) is 0 Å². The van der Waals surface area contributed by atoms with Gasteiger partial charge in [-0.3, -0.25) is 0 Å².